The van der Waals surface area contributed by atoms with Gasteiger partial charge in [0.25, 0.3) is 6.09 Å². The molecule has 0 aromatic rings. The zero-order valence-electron chi connectivity index (χ0n) is 8.03. The molecule has 0 aromatic carbocycles. The number of hydrogen-bond donors (Lipinski definition) is 0. The van der Waals surface area contributed by atoms with Crippen LogP contribution in [0.25, 0.3) is 5.43 Å². The van der Waals surface area contributed by atoms with E-state index in [0.717, 1.165) is 0 Å². The van der Waals surface area contributed by atoms with Crippen molar-refractivity contribution in [2.24, 2.45) is 0 Å². The standard InChI is InChI=1S/C3H3N5O10/c9-2(4-8(16)17)18-1-3(5(10)11,6(12)13)7(14)15/h1H2,(H,4,9)/p-1. The predicted molar refractivity (Wildman–Crippen MR) is 45.4 cm³/mol. The van der Waals surface area contributed by atoms with Gasteiger partial charge in [-0.05, 0) is 5.03 Å². The number of rotatable bonds is 6. The number of carbonyl (C=O) groups is 1. The predicted octanol–water partition coefficient (Wildman–Crippen LogP) is -0.828. The third-order valence-electron chi connectivity index (χ3n) is 1.43. The van der Waals surface area contributed by atoms with Crippen LogP contribution in [0.4, 0.5) is 4.79 Å². The Morgan fingerprint density at radius 1 is 1.00 bits per heavy atom. The summed E-state index contributed by atoms with van der Waals surface area (Å²) in [5.41, 5.74) is 1.95. The molecule has 0 saturated heterocycles. The van der Waals surface area contributed by atoms with E-state index in [0.29, 0.717) is 0 Å². The van der Waals surface area contributed by atoms with Gasteiger partial charge in [0.1, 0.15) is 0 Å². The van der Waals surface area contributed by atoms with Gasteiger partial charge in [-0.25, -0.2) is 0 Å². The van der Waals surface area contributed by atoms with Crippen molar-refractivity contribution in [3.63, 3.8) is 0 Å². The van der Waals surface area contributed by atoms with Crippen LogP contribution in [0.2, 0.25) is 0 Å². The molecule has 0 saturated carbocycles. The molecular weight excluding hydrogens is 266 g/mol. The molecule has 0 aliphatic rings. The van der Waals surface area contributed by atoms with Gasteiger partial charge >= 0.3 is 12.4 Å². The van der Waals surface area contributed by atoms with Gasteiger partial charge in [-0.1, -0.05) is 0 Å². The monoisotopic (exact) mass is 268 g/mol. The minimum absolute atomic E-state index is 1.55. The molecule has 0 aromatic heterocycles. The van der Waals surface area contributed by atoms with Crippen LogP contribution >= 0.6 is 0 Å². The number of carbonyl (C=O) groups excluding carboxylic acids is 1. The van der Waals surface area contributed by atoms with E-state index in [-0.39, 0.29) is 0 Å². The summed E-state index contributed by atoms with van der Waals surface area (Å²) < 4.78 is 3.63. The number of nitro groups is 4. The Kier molecular flexibility index (Phi) is 4.36. The molecule has 15 heteroatoms. The van der Waals surface area contributed by atoms with Gasteiger partial charge < -0.3 is 4.74 Å². The molecule has 0 radical (unpaired) electrons. The van der Waals surface area contributed by atoms with Gasteiger partial charge in [0.2, 0.25) is 0 Å². The Morgan fingerprint density at radius 2 is 1.39 bits per heavy atom. The molecule has 0 atom stereocenters. The summed E-state index contributed by atoms with van der Waals surface area (Å²) in [6.45, 7) is -1.95. The molecule has 0 N–H and O–H groups in total. The summed E-state index contributed by atoms with van der Waals surface area (Å²) in [6.07, 6.45) is -2.05. The third-order valence-corrected chi connectivity index (χ3v) is 1.43. The zero-order chi connectivity index (χ0) is 14.5. The fourth-order valence-corrected chi connectivity index (χ4v) is 0.612. The van der Waals surface area contributed by atoms with Crippen molar-refractivity contribution < 1.29 is 29.3 Å². The van der Waals surface area contributed by atoms with Crippen LogP contribution < -0.4 is 0 Å². The average Bonchev–Trinajstić information content (AvgIpc) is 2.15. The number of ether oxygens (including phenoxy) is 1. The first kappa shape index (κ1) is 14.9. The SMILES string of the molecule is O=C([N-][N+](=O)[O-])OCC([N+](=O)[O-])([N+](=O)[O-])[N+](=O)[O-]. The molecule has 18 heavy (non-hydrogen) atoms. The average molecular weight is 268 g/mol. The number of amides is 1. The molecule has 0 bridgehead atoms. The first-order valence-corrected chi connectivity index (χ1v) is 3.61. The van der Waals surface area contributed by atoms with Crippen LogP contribution in [0.15, 0.2) is 0 Å². The van der Waals surface area contributed by atoms with Crippen molar-refractivity contribution in [3.8, 4) is 0 Å². The van der Waals surface area contributed by atoms with E-state index >= 15 is 0 Å². The second kappa shape index (κ2) is 5.27. The van der Waals surface area contributed by atoms with Gasteiger partial charge in [-0.3, -0.25) is 50.7 Å². The lowest BCUT2D eigenvalue weighted by Gasteiger charge is -2.11. The van der Waals surface area contributed by atoms with E-state index in [9.17, 15) is 45.3 Å². The van der Waals surface area contributed by atoms with Crippen molar-refractivity contribution in [2.45, 2.75) is 5.79 Å². The summed E-state index contributed by atoms with van der Waals surface area (Å²) in [4.78, 5) is 45.3. The Bertz CT molecular complexity index is 380. The van der Waals surface area contributed by atoms with Gasteiger partial charge in [0.15, 0.2) is 14.8 Å². The minimum atomic E-state index is -4.04. The topological polar surface area (TPSA) is 213 Å². The highest BCUT2D eigenvalue weighted by Crippen LogP contribution is 2.13. The molecule has 0 spiro atoms. The maximum Gasteiger partial charge on any atom is 0.734 e. The van der Waals surface area contributed by atoms with E-state index in [1.54, 1.807) is 0 Å². The van der Waals surface area contributed by atoms with Crippen LogP contribution in [-0.4, -0.2) is 38.3 Å². The van der Waals surface area contributed by atoms with Crippen LogP contribution in [0.3, 0.4) is 0 Å². The fourth-order valence-electron chi connectivity index (χ4n) is 0.612. The molecule has 100 valence electrons. The van der Waals surface area contributed by atoms with Crippen LogP contribution in [0, 0.1) is 40.5 Å². The Morgan fingerprint density at radius 3 is 1.67 bits per heavy atom. The highest BCUT2D eigenvalue weighted by atomic mass is 16.7. The summed E-state index contributed by atoms with van der Waals surface area (Å²) in [6, 6.07) is 0. The highest BCUT2D eigenvalue weighted by molar-refractivity contribution is 5.78. The smallest absolute Gasteiger partial charge is 0.451 e. The lowest BCUT2D eigenvalue weighted by atomic mass is 10.4. The second-order valence-corrected chi connectivity index (χ2v) is 2.44. The quantitative estimate of drug-likeness (QED) is 0.330. The maximum atomic E-state index is 10.5. The second-order valence-electron chi connectivity index (χ2n) is 2.44. The first-order valence-electron chi connectivity index (χ1n) is 3.61. The molecule has 15 nitrogen and oxygen atoms in total. The lowest BCUT2D eigenvalue weighted by Crippen LogP contribution is -2.57. The zero-order valence-corrected chi connectivity index (χ0v) is 8.03. The van der Waals surface area contributed by atoms with Crippen LogP contribution in [0.5, 0.6) is 0 Å². The third kappa shape index (κ3) is 2.93. The molecule has 0 rings (SSSR count). The molecule has 0 fully saturated rings. The Labute approximate surface area is 94.9 Å². The van der Waals surface area contributed by atoms with Gasteiger partial charge in [0, 0.05) is 0 Å². The molecule has 1 amide bonds. The van der Waals surface area contributed by atoms with Crippen molar-refractivity contribution in [1.82, 2.24) is 0 Å². The largest absolute Gasteiger partial charge is 0.734 e. The Hall–Kier alpha value is -3.13. The van der Waals surface area contributed by atoms with Crippen LogP contribution in [-0.2, 0) is 4.74 Å². The molecule has 0 heterocycles. The Balaban J connectivity index is 4.99. The first-order chi connectivity index (χ1) is 8.14. The molecule has 0 aliphatic carbocycles. The van der Waals surface area contributed by atoms with Gasteiger partial charge in [-0.15, -0.1) is 0 Å². The summed E-state index contributed by atoms with van der Waals surface area (Å²) >= 11 is 0. The lowest BCUT2D eigenvalue weighted by molar-refractivity contribution is -0.970. The summed E-state index contributed by atoms with van der Waals surface area (Å²) in [5, 5.41) is 39.0. The van der Waals surface area contributed by atoms with E-state index in [4.69, 9.17) is 0 Å². The van der Waals surface area contributed by atoms with Crippen molar-refractivity contribution in [2.75, 3.05) is 6.61 Å². The van der Waals surface area contributed by atoms with Gasteiger partial charge in [-0.2, -0.15) is 0 Å². The van der Waals surface area contributed by atoms with E-state index in [1.807, 2.05) is 5.43 Å². The van der Waals surface area contributed by atoms with E-state index in [2.05, 4.69) is 4.74 Å². The van der Waals surface area contributed by atoms with Gasteiger partial charge in [0.05, 0.1) is 0 Å². The molecule has 0 aliphatic heterocycles. The minimum Gasteiger partial charge on any atom is -0.451 e. The summed E-state index contributed by atoms with van der Waals surface area (Å²) in [7, 11) is 0. The number of nitrogens with zero attached hydrogens (tertiary/aromatic N) is 5. The van der Waals surface area contributed by atoms with Crippen LogP contribution in [0.1, 0.15) is 0 Å². The van der Waals surface area contributed by atoms with E-state index < -0.39 is 38.3 Å². The van der Waals surface area contributed by atoms with Crippen molar-refractivity contribution in [3.05, 3.63) is 45.9 Å². The van der Waals surface area contributed by atoms with E-state index in [1.165, 1.54) is 0 Å². The van der Waals surface area contributed by atoms with Crippen molar-refractivity contribution >= 4 is 6.09 Å². The molecular formula is C3H2N5O10-. The normalized spacial score (nSPS) is 10.2. The molecule has 0 unspecified atom stereocenters. The maximum absolute atomic E-state index is 10.5. The van der Waals surface area contributed by atoms with Crippen molar-refractivity contribution in [1.29, 1.82) is 0 Å². The fraction of sp³-hybridized carbons (Fsp3) is 0.667. The number of hydrogen-bond acceptors (Lipinski definition) is 10. The highest BCUT2D eigenvalue weighted by Gasteiger charge is 2.71. The summed E-state index contributed by atoms with van der Waals surface area (Å²) in [5.74, 6) is -4.04.